The molecule has 0 aliphatic rings. The Morgan fingerprint density at radius 1 is 1.50 bits per heavy atom. The van der Waals surface area contributed by atoms with Crippen LogP contribution in [0.1, 0.15) is 27.2 Å². The molecule has 0 aliphatic heterocycles. The van der Waals surface area contributed by atoms with E-state index in [9.17, 15) is 4.79 Å². The van der Waals surface area contributed by atoms with Gasteiger partial charge in [-0.25, -0.2) is 0 Å². The Morgan fingerprint density at radius 2 is 2.00 bits per heavy atom. The molecule has 2 nitrogen and oxygen atoms in total. The lowest BCUT2D eigenvalue weighted by Crippen LogP contribution is -2.37. The monoisotopic (exact) mass is 189 g/mol. The molecule has 72 valence electrons. The predicted octanol–water partition coefficient (Wildman–Crippen LogP) is 2.15. The number of hydrogen-bond donors (Lipinski definition) is 0. The van der Waals surface area contributed by atoms with Gasteiger partial charge in [-0.2, -0.15) is 0 Å². The minimum Gasteiger partial charge on any atom is -0.341 e. The van der Waals surface area contributed by atoms with Gasteiger partial charge in [0.15, 0.2) is 0 Å². The summed E-state index contributed by atoms with van der Waals surface area (Å²) in [4.78, 5) is 13.6. The standard InChI is InChI=1S/C9H20NOP/c1-6-9(2,3)8(11)10(4)7-12-5/h12H,6-7H2,1-5H3. The van der Waals surface area contributed by atoms with Gasteiger partial charge in [-0.15, -0.1) is 8.58 Å². The Hall–Kier alpha value is -0.100. The highest BCUT2D eigenvalue weighted by Gasteiger charge is 2.27. The zero-order chi connectivity index (χ0) is 9.78. The number of carbonyl (C=O) groups excluding carboxylic acids is 1. The number of rotatable bonds is 4. The van der Waals surface area contributed by atoms with Crippen molar-refractivity contribution in [2.24, 2.45) is 5.41 Å². The molecule has 0 heterocycles. The maximum absolute atomic E-state index is 11.7. The average Bonchev–Trinajstić information content (AvgIpc) is 2.03. The van der Waals surface area contributed by atoms with Crippen LogP contribution in [0.4, 0.5) is 0 Å². The molecule has 1 unspecified atom stereocenters. The van der Waals surface area contributed by atoms with Crippen LogP contribution in [0.25, 0.3) is 0 Å². The molecule has 0 N–H and O–H groups in total. The Balaban J connectivity index is 4.18. The lowest BCUT2D eigenvalue weighted by Gasteiger charge is -2.27. The van der Waals surface area contributed by atoms with Gasteiger partial charge in [0.05, 0.1) is 0 Å². The van der Waals surface area contributed by atoms with Crippen molar-refractivity contribution in [3.8, 4) is 0 Å². The Morgan fingerprint density at radius 3 is 2.33 bits per heavy atom. The van der Waals surface area contributed by atoms with E-state index in [-0.39, 0.29) is 11.3 Å². The van der Waals surface area contributed by atoms with Gasteiger partial charge in [-0.3, -0.25) is 4.79 Å². The van der Waals surface area contributed by atoms with E-state index in [0.29, 0.717) is 0 Å². The molecule has 0 bridgehead atoms. The van der Waals surface area contributed by atoms with Crippen molar-refractivity contribution in [1.82, 2.24) is 4.90 Å². The van der Waals surface area contributed by atoms with Crippen LogP contribution in [-0.4, -0.2) is 30.8 Å². The topological polar surface area (TPSA) is 20.3 Å². The summed E-state index contributed by atoms with van der Waals surface area (Å²) in [7, 11) is 2.70. The van der Waals surface area contributed by atoms with Gasteiger partial charge in [-0.05, 0) is 13.1 Å². The summed E-state index contributed by atoms with van der Waals surface area (Å²) in [5, 5.41) is 0. The summed E-state index contributed by atoms with van der Waals surface area (Å²) < 4.78 is 0. The molecular weight excluding hydrogens is 169 g/mol. The van der Waals surface area contributed by atoms with E-state index < -0.39 is 0 Å². The summed E-state index contributed by atoms with van der Waals surface area (Å²) in [6.07, 6.45) is 1.80. The first kappa shape index (κ1) is 11.9. The van der Waals surface area contributed by atoms with E-state index in [1.54, 1.807) is 0 Å². The van der Waals surface area contributed by atoms with Crippen LogP contribution in [0.3, 0.4) is 0 Å². The largest absolute Gasteiger partial charge is 0.341 e. The lowest BCUT2D eigenvalue weighted by molar-refractivity contribution is -0.138. The average molecular weight is 189 g/mol. The van der Waals surface area contributed by atoms with Gasteiger partial charge >= 0.3 is 0 Å². The highest BCUT2D eigenvalue weighted by Crippen LogP contribution is 2.23. The van der Waals surface area contributed by atoms with Crippen molar-refractivity contribution in [2.75, 3.05) is 20.0 Å². The second-order valence-corrected chi connectivity index (χ2v) is 4.78. The first-order valence-electron chi connectivity index (χ1n) is 4.36. The Labute approximate surface area is 77.5 Å². The minimum absolute atomic E-state index is 0.186. The second kappa shape index (κ2) is 4.81. The van der Waals surface area contributed by atoms with Crippen molar-refractivity contribution in [3.63, 3.8) is 0 Å². The van der Waals surface area contributed by atoms with E-state index in [0.717, 1.165) is 21.3 Å². The molecule has 1 amide bonds. The molecule has 3 heteroatoms. The number of amides is 1. The molecule has 0 saturated heterocycles. The number of carbonyl (C=O) groups is 1. The van der Waals surface area contributed by atoms with E-state index in [4.69, 9.17) is 0 Å². The zero-order valence-corrected chi connectivity index (χ0v) is 9.77. The molecule has 1 atom stereocenters. The van der Waals surface area contributed by atoms with Gasteiger partial charge < -0.3 is 4.90 Å². The summed E-state index contributed by atoms with van der Waals surface area (Å²) >= 11 is 0. The van der Waals surface area contributed by atoms with Crippen LogP contribution in [0.2, 0.25) is 0 Å². The first-order valence-corrected chi connectivity index (χ1v) is 6.06. The third kappa shape index (κ3) is 3.10. The van der Waals surface area contributed by atoms with E-state index in [2.05, 4.69) is 13.6 Å². The van der Waals surface area contributed by atoms with Crippen molar-refractivity contribution >= 4 is 14.5 Å². The van der Waals surface area contributed by atoms with Crippen LogP contribution in [0, 0.1) is 5.41 Å². The Kier molecular flexibility index (Phi) is 4.77. The smallest absolute Gasteiger partial charge is 0.228 e. The van der Waals surface area contributed by atoms with Gasteiger partial charge in [-0.1, -0.05) is 20.8 Å². The fraction of sp³-hybridized carbons (Fsp3) is 0.889. The maximum Gasteiger partial charge on any atom is 0.228 e. The molecular formula is C9H20NOP. The molecule has 0 rings (SSSR count). The molecule has 0 aromatic heterocycles. The summed E-state index contributed by atoms with van der Waals surface area (Å²) in [6.45, 7) is 8.18. The highest BCUT2D eigenvalue weighted by molar-refractivity contribution is 7.36. The second-order valence-electron chi connectivity index (χ2n) is 3.75. The first-order chi connectivity index (χ1) is 5.45. The lowest BCUT2D eigenvalue weighted by atomic mass is 9.89. The van der Waals surface area contributed by atoms with Crippen molar-refractivity contribution in [3.05, 3.63) is 0 Å². The molecule has 12 heavy (non-hydrogen) atoms. The quantitative estimate of drug-likeness (QED) is 0.620. The minimum atomic E-state index is -0.186. The SMILES string of the molecule is CCC(C)(C)C(=O)N(C)CPC. The normalized spacial score (nSPS) is 12.4. The summed E-state index contributed by atoms with van der Waals surface area (Å²) in [5.74, 6) is 0.263. The van der Waals surface area contributed by atoms with Gasteiger partial charge in [0.1, 0.15) is 0 Å². The number of hydrogen-bond acceptors (Lipinski definition) is 1. The van der Waals surface area contributed by atoms with Crippen molar-refractivity contribution in [1.29, 1.82) is 0 Å². The third-order valence-electron chi connectivity index (χ3n) is 2.20. The molecule has 0 fully saturated rings. The summed E-state index contributed by atoms with van der Waals surface area (Å²) in [5.41, 5.74) is -0.186. The van der Waals surface area contributed by atoms with Crippen molar-refractivity contribution in [2.45, 2.75) is 27.2 Å². The van der Waals surface area contributed by atoms with Crippen LogP contribution < -0.4 is 0 Å². The van der Waals surface area contributed by atoms with Crippen LogP contribution in [-0.2, 0) is 4.79 Å². The van der Waals surface area contributed by atoms with Crippen molar-refractivity contribution < 1.29 is 4.79 Å². The van der Waals surface area contributed by atoms with Gasteiger partial charge in [0.25, 0.3) is 0 Å². The predicted molar refractivity (Wildman–Crippen MR) is 55.9 cm³/mol. The molecule has 0 radical (unpaired) electrons. The summed E-state index contributed by atoms with van der Waals surface area (Å²) in [6, 6.07) is 0. The van der Waals surface area contributed by atoms with E-state index >= 15 is 0 Å². The van der Waals surface area contributed by atoms with Gasteiger partial charge in [0.2, 0.25) is 5.91 Å². The van der Waals surface area contributed by atoms with Gasteiger partial charge in [0, 0.05) is 18.7 Å². The fourth-order valence-electron chi connectivity index (χ4n) is 0.977. The number of nitrogens with zero attached hydrogens (tertiary/aromatic N) is 1. The molecule has 0 aromatic rings. The third-order valence-corrected chi connectivity index (χ3v) is 3.00. The van der Waals surface area contributed by atoms with Crippen LogP contribution in [0.5, 0.6) is 0 Å². The van der Waals surface area contributed by atoms with E-state index in [1.165, 1.54) is 0 Å². The van der Waals surface area contributed by atoms with Crippen LogP contribution >= 0.6 is 8.58 Å². The Bertz CT molecular complexity index is 157. The molecule has 0 spiro atoms. The highest BCUT2D eigenvalue weighted by atomic mass is 31.1. The fourth-order valence-corrected chi connectivity index (χ4v) is 1.59. The molecule has 0 aliphatic carbocycles. The maximum atomic E-state index is 11.7. The molecule has 0 aromatic carbocycles. The zero-order valence-electron chi connectivity index (χ0n) is 8.77. The molecule has 0 saturated carbocycles. The van der Waals surface area contributed by atoms with E-state index in [1.807, 2.05) is 25.8 Å². The van der Waals surface area contributed by atoms with Crippen LogP contribution in [0.15, 0.2) is 0 Å².